The van der Waals surface area contributed by atoms with E-state index in [1.165, 1.54) is 0 Å². The molecule has 1 unspecified atom stereocenters. The molecule has 1 aliphatic heterocycles. The molecule has 1 atom stereocenters. The van der Waals surface area contributed by atoms with Gasteiger partial charge >= 0.3 is 8.56 Å². The Balaban J connectivity index is 2.50. The Labute approximate surface area is 125 Å². The molecule has 0 aromatic heterocycles. The summed E-state index contributed by atoms with van der Waals surface area (Å²) in [6, 6.07) is 1.64. The van der Waals surface area contributed by atoms with Crippen LogP contribution in [0.25, 0.3) is 0 Å². The molecule has 0 radical (unpaired) electrons. The average Bonchev–Trinajstić information content (AvgIpc) is 2.45. The predicted octanol–water partition coefficient (Wildman–Crippen LogP) is 1.14. The summed E-state index contributed by atoms with van der Waals surface area (Å²) in [5.74, 6) is 0. The van der Waals surface area contributed by atoms with E-state index in [4.69, 9.17) is 14.6 Å². The molecule has 3 N–H and O–H groups in total. The number of hydrogen-bond acceptors (Lipinski definition) is 5. The lowest BCUT2D eigenvalue weighted by Crippen LogP contribution is -2.50. The molecule has 20 heavy (non-hydrogen) atoms. The van der Waals surface area contributed by atoms with Crippen LogP contribution >= 0.6 is 0 Å². The van der Waals surface area contributed by atoms with Crippen LogP contribution in [0.15, 0.2) is 0 Å². The molecular formula is C14H33N3O2Si. The number of hydrogen-bond donors (Lipinski definition) is 2. The quantitative estimate of drug-likeness (QED) is 0.593. The van der Waals surface area contributed by atoms with Gasteiger partial charge in [-0.1, -0.05) is 0 Å². The van der Waals surface area contributed by atoms with Crippen molar-refractivity contribution >= 4 is 8.56 Å². The van der Waals surface area contributed by atoms with Crippen molar-refractivity contribution in [1.29, 1.82) is 0 Å². The maximum atomic E-state index is 5.94. The van der Waals surface area contributed by atoms with Crippen molar-refractivity contribution in [3.63, 3.8) is 0 Å². The van der Waals surface area contributed by atoms with Crippen molar-refractivity contribution < 1.29 is 8.85 Å². The van der Waals surface area contributed by atoms with Gasteiger partial charge in [-0.15, -0.1) is 0 Å². The lowest BCUT2D eigenvalue weighted by Gasteiger charge is -2.36. The van der Waals surface area contributed by atoms with Crippen LogP contribution < -0.4 is 11.1 Å². The Morgan fingerprint density at radius 2 is 1.75 bits per heavy atom. The first-order valence-electron chi connectivity index (χ1n) is 8.08. The number of piperazine rings is 1. The first-order chi connectivity index (χ1) is 9.65. The standard InChI is InChI=1S/C14H33N3O2Si/c1-4-18-20(3,19-5-2)13-7-14(6-8-15)17-11-9-16-10-12-17/h14,16H,4-13,15H2,1-3H3. The van der Waals surface area contributed by atoms with Gasteiger partial charge < -0.3 is 19.9 Å². The van der Waals surface area contributed by atoms with E-state index < -0.39 is 8.56 Å². The van der Waals surface area contributed by atoms with Gasteiger partial charge in [-0.25, -0.2) is 0 Å². The highest BCUT2D eigenvalue weighted by Gasteiger charge is 2.32. The van der Waals surface area contributed by atoms with Gasteiger partial charge in [0.1, 0.15) is 0 Å². The highest BCUT2D eigenvalue weighted by Crippen LogP contribution is 2.21. The van der Waals surface area contributed by atoms with E-state index in [1.54, 1.807) is 0 Å². The largest absolute Gasteiger partial charge is 0.395 e. The normalized spacial score (nSPS) is 19.2. The highest BCUT2D eigenvalue weighted by molar-refractivity contribution is 6.66. The summed E-state index contributed by atoms with van der Waals surface area (Å²) in [5.41, 5.74) is 5.80. The molecule has 120 valence electrons. The van der Waals surface area contributed by atoms with Gasteiger partial charge in [0.2, 0.25) is 0 Å². The number of nitrogens with zero attached hydrogens (tertiary/aromatic N) is 1. The fourth-order valence-corrected chi connectivity index (χ4v) is 5.43. The lowest BCUT2D eigenvalue weighted by molar-refractivity contribution is 0.151. The van der Waals surface area contributed by atoms with Crippen molar-refractivity contribution in [2.75, 3.05) is 45.9 Å². The van der Waals surface area contributed by atoms with Gasteiger partial charge in [0.25, 0.3) is 0 Å². The van der Waals surface area contributed by atoms with E-state index in [2.05, 4.69) is 30.6 Å². The van der Waals surface area contributed by atoms with Crippen LogP contribution in [-0.4, -0.2) is 65.4 Å². The van der Waals surface area contributed by atoms with Crippen LogP contribution in [0.1, 0.15) is 26.7 Å². The molecule has 1 aliphatic rings. The maximum absolute atomic E-state index is 5.94. The highest BCUT2D eigenvalue weighted by atomic mass is 28.4. The molecule has 0 spiro atoms. The summed E-state index contributed by atoms with van der Waals surface area (Å²) >= 11 is 0. The topological polar surface area (TPSA) is 59.8 Å². The molecule has 0 aromatic rings. The summed E-state index contributed by atoms with van der Waals surface area (Å²) in [7, 11) is -1.99. The minimum atomic E-state index is -1.99. The zero-order chi connectivity index (χ0) is 14.8. The molecule has 0 bridgehead atoms. The Morgan fingerprint density at radius 3 is 2.25 bits per heavy atom. The molecule has 1 saturated heterocycles. The molecule has 6 heteroatoms. The third kappa shape index (κ3) is 6.20. The molecular weight excluding hydrogens is 270 g/mol. The molecule has 0 aromatic carbocycles. The Bertz CT molecular complexity index is 245. The van der Waals surface area contributed by atoms with E-state index in [0.29, 0.717) is 6.04 Å². The smallest absolute Gasteiger partial charge is 0.334 e. The Kier molecular flexibility index (Phi) is 8.91. The SMILES string of the molecule is CCO[Si](C)(CCC(CCN)N1CCNCC1)OCC. The molecule has 0 aliphatic carbocycles. The summed E-state index contributed by atoms with van der Waals surface area (Å²) < 4.78 is 11.9. The van der Waals surface area contributed by atoms with Crippen molar-refractivity contribution in [3.8, 4) is 0 Å². The lowest BCUT2D eigenvalue weighted by atomic mass is 10.1. The van der Waals surface area contributed by atoms with Gasteiger partial charge in [0.15, 0.2) is 0 Å². The van der Waals surface area contributed by atoms with Crippen molar-refractivity contribution in [2.45, 2.75) is 45.3 Å². The molecule has 1 rings (SSSR count). The van der Waals surface area contributed by atoms with Gasteiger partial charge in [-0.05, 0) is 45.8 Å². The van der Waals surface area contributed by atoms with Gasteiger partial charge in [0, 0.05) is 45.4 Å². The maximum Gasteiger partial charge on any atom is 0.334 e. The molecule has 0 saturated carbocycles. The first-order valence-corrected chi connectivity index (χ1v) is 10.6. The van der Waals surface area contributed by atoms with Crippen LogP contribution in [-0.2, 0) is 8.85 Å². The number of nitrogens with two attached hydrogens (primary N) is 1. The monoisotopic (exact) mass is 303 g/mol. The van der Waals surface area contributed by atoms with Gasteiger partial charge in [-0.3, -0.25) is 4.90 Å². The summed E-state index contributed by atoms with van der Waals surface area (Å²) in [4.78, 5) is 2.58. The second-order valence-corrected chi connectivity index (χ2v) is 8.90. The van der Waals surface area contributed by atoms with Gasteiger partial charge in [-0.2, -0.15) is 0 Å². The van der Waals surface area contributed by atoms with E-state index in [-0.39, 0.29) is 0 Å². The number of nitrogens with one attached hydrogen (secondary N) is 1. The third-order valence-corrected chi connectivity index (χ3v) is 6.99. The van der Waals surface area contributed by atoms with Crippen molar-refractivity contribution in [2.24, 2.45) is 5.73 Å². The van der Waals surface area contributed by atoms with Crippen LogP contribution in [0.5, 0.6) is 0 Å². The predicted molar refractivity (Wildman–Crippen MR) is 86.2 cm³/mol. The van der Waals surface area contributed by atoms with Crippen molar-refractivity contribution in [1.82, 2.24) is 10.2 Å². The van der Waals surface area contributed by atoms with Crippen LogP contribution in [0.4, 0.5) is 0 Å². The van der Waals surface area contributed by atoms with Crippen molar-refractivity contribution in [3.05, 3.63) is 0 Å². The van der Waals surface area contributed by atoms with Crippen LogP contribution in [0, 0.1) is 0 Å². The second kappa shape index (κ2) is 9.86. The van der Waals surface area contributed by atoms with E-state index in [9.17, 15) is 0 Å². The Hall–Kier alpha value is 0.0169. The minimum absolute atomic E-state index is 0.579. The zero-order valence-corrected chi connectivity index (χ0v) is 14.5. The van der Waals surface area contributed by atoms with Gasteiger partial charge in [0.05, 0.1) is 0 Å². The second-order valence-electron chi connectivity index (χ2n) is 5.56. The summed E-state index contributed by atoms with van der Waals surface area (Å²) in [6.45, 7) is 13.0. The number of rotatable bonds is 10. The molecule has 0 amide bonds. The summed E-state index contributed by atoms with van der Waals surface area (Å²) in [6.07, 6.45) is 2.21. The average molecular weight is 304 g/mol. The minimum Gasteiger partial charge on any atom is -0.395 e. The fraction of sp³-hybridized carbons (Fsp3) is 1.00. The zero-order valence-electron chi connectivity index (χ0n) is 13.5. The van der Waals surface area contributed by atoms with E-state index in [0.717, 1.165) is 64.8 Å². The molecule has 1 heterocycles. The Morgan fingerprint density at radius 1 is 1.15 bits per heavy atom. The van der Waals surface area contributed by atoms with E-state index in [1.807, 2.05) is 0 Å². The fourth-order valence-electron chi connectivity index (χ4n) is 2.97. The molecule has 1 fully saturated rings. The third-order valence-electron chi connectivity index (χ3n) is 4.00. The van der Waals surface area contributed by atoms with Crippen LogP contribution in [0.3, 0.4) is 0 Å². The van der Waals surface area contributed by atoms with E-state index >= 15 is 0 Å². The van der Waals surface area contributed by atoms with Crippen LogP contribution in [0.2, 0.25) is 12.6 Å². The molecule has 5 nitrogen and oxygen atoms in total. The first kappa shape index (κ1) is 18.1. The summed E-state index contributed by atoms with van der Waals surface area (Å²) in [5, 5.41) is 3.41.